The number of halogens is 2. The van der Waals surface area contributed by atoms with Gasteiger partial charge >= 0.3 is 0 Å². The fraction of sp³-hybridized carbons (Fsp3) is 0.0625. The Hall–Kier alpha value is -1.97. The van der Waals surface area contributed by atoms with Crippen LogP contribution < -0.4 is 5.32 Å². The van der Waals surface area contributed by atoms with Gasteiger partial charge in [0.05, 0.1) is 6.20 Å². The predicted octanol–water partition coefficient (Wildman–Crippen LogP) is 5.26. The quantitative estimate of drug-likeness (QED) is 0.713. The molecule has 0 bridgehead atoms. The number of nitrogens with zero attached hydrogens (tertiary/aromatic N) is 1. The molecule has 0 saturated carbocycles. The van der Waals surface area contributed by atoms with Crippen molar-refractivity contribution in [3.8, 4) is 11.3 Å². The molecule has 0 unspecified atom stereocenters. The molecule has 0 aliphatic carbocycles. The Balaban J connectivity index is 1.75. The van der Waals surface area contributed by atoms with E-state index in [2.05, 4.69) is 10.3 Å². The molecule has 0 saturated heterocycles. The van der Waals surface area contributed by atoms with Crippen LogP contribution in [-0.4, -0.2) is 4.98 Å². The van der Waals surface area contributed by atoms with E-state index >= 15 is 0 Å². The lowest BCUT2D eigenvalue weighted by atomic mass is 10.1. The zero-order chi connectivity index (χ0) is 14.7. The normalized spacial score (nSPS) is 10.6. The molecule has 0 spiro atoms. The highest BCUT2D eigenvalue weighted by Gasteiger charge is 2.03. The minimum Gasteiger partial charge on any atom is -0.444 e. The number of oxazole rings is 1. The highest BCUT2D eigenvalue weighted by molar-refractivity contribution is 6.34. The largest absolute Gasteiger partial charge is 0.444 e. The summed E-state index contributed by atoms with van der Waals surface area (Å²) in [4.78, 5) is 3.92. The number of aromatic nitrogens is 1. The van der Waals surface area contributed by atoms with Crippen molar-refractivity contribution in [3.63, 3.8) is 0 Å². The van der Waals surface area contributed by atoms with Crippen LogP contribution in [0.5, 0.6) is 0 Å². The Bertz CT molecular complexity index is 722. The minimum absolute atomic E-state index is 0.634. The van der Waals surface area contributed by atoms with E-state index in [0.29, 0.717) is 16.6 Å². The summed E-state index contributed by atoms with van der Waals surface area (Å²) >= 11 is 12.0. The van der Waals surface area contributed by atoms with Gasteiger partial charge < -0.3 is 9.73 Å². The standard InChI is InChI=1S/C16H12Cl2N2O/c17-13-4-11(5-14(18)7-13)8-20-15-3-1-2-12(6-15)16-9-19-10-21-16/h1-7,9-10,20H,8H2. The number of nitrogens with one attached hydrogen (secondary N) is 1. The van der Waals surface area contributed by atoms with Gasteiger partial charge in [-0.15, -0.1) is 0 Å². The lowest BCUT2D eigenvalue weighted by Gasteiger charge is -2.08. The first-order valence-corrected chi connectivity index (χ1v) is 7.14. The summed E-state index contributed by atoms with van der Waals surface area (Å²) in [5.74, 6) is 0.740. The molecule has 1 aromatic heterocycles. The molecule has 3 aromatic rings. The van der Waals surface area contributed by atoms with Crippen LogP contribution in [0.3, 0.4) is 0 Å². The highest BCUT2D eigenvalue weighted by Crippen LogP contribution is 2.23. The first-order valence-electron chi connectivity index (χ1n) is 6.38. The van der Waals surface area contributed by atoms with Crippen LogP contribution in [0.4, 0.5) is 5.69 Å². The van der Waals surface area contributed by atoms with Gasteiger partial charge in [0.25, 0.3) is 0 Å². The van der Waals surface area contributed by atoms with Gasteiger partial charge in [-0.25, -0.2) is 4.98 Å². The van der Waals surface area contributed by atoms with E-state index in [9.17, 15) is 0 Å². The Labute approximate surface area is 132 Å². The van der Waals surface area contributed by atoms with E-state index in [4.69, 9.17) is 27.6 Å². The van der Waals surface area contributed by atoms with Gasteiger partial charge in [-0.1, -0.05) is 35.3 Å². The number of rotatable bonds is 4. The molecule has 0 aliphatic heterocycles. The second kappa shape index (κ2) is 6.20. The van der Waals surface area contributed by atoms with Crippen molar-refractivity contribution in [1.82, 2.24) is 4.98 Å². The van der Waals surface area contributed by atoms with Gasteiger partial charge in [-0.2, -0.15) is 0 Å². The summed E-state index contributed by atoms with van der Waals surface area (Å²) in [7, 11) is 0. The van der Waals surface area contributed by atoms with Gasteiger partial charge in [0.1, 0.15) is 0 Å². The molecule has 0 amide bonds. The SMILES string of the molecule is Clc1cc(Cl)cc(CNc2cccc(-c3cnco3)c2)c1. The molecule has 5 heteroatoms. The molecule has 0 atom stereocenters. The monoisotopic (exact) mass is 318 g/mol. The van der Waals surface area contributed by atoms with E-state index in [1.807, 2.05) is 36.4 Å². The number of anilines is 1. The predicted molar refractivity (Wildman–Crippen MR) is 85.7 cm³/mol. The zero-order valence-electron chi connectivity index (χ0n) is 11.0. The molecule has 0 radical (unpaired) electrons. The van der Waals surface area contributed by atoms with Crippen molar-refractivity contribution in [2.45, 2.75) is 6.54 Å². The Morgan fingerprint density at radius 1 is 1.05 bits per heavy atom. The van der Waals surface area contributed by atoms with Crippen LogP contribution in [0.1, 0.15) is 5.56 Å². The molecular formula is C16H12Cl2N2O. The maximum Gasteiger partial charge on any atom is 0.181 e. The van der Waals surface area contributed by atoms with Crippen LogP contribution >= 0.6 is 23.2 Å². The number of hydrogen-bond donors (Lipinski definition) is 1. The molecule has 3 rings (SSSR count). The topological polar surface area (TPSA) is 38.1 Å². The average molecular weight is 319 g/mol. The Kier molecular flexibility index (Phi) is 4.13. The van der Waals surface area contributed by atoms with E-state index in [-0.39, 0.29) is 0 Å². The Morgan fingerprint density at radius 2 is 1.86 bits per heavy atom. The molecule has 106 valence electrons. The third-order valence-electron chi connectivity index (χ3n) is 3.00. The summed E-state index contributed by atoms with van der Waals surface area (Å²) in [6.07, 6.45) is 3.11. The van der Waals surface area contributed by atoms with Gasteiger partial charge in [0.2, 0.25) is 0 Å². The third kappa shape index (κ3) is 3.57. The third-order valence-corrected chi connectivity index (χ3v) is 3.43. The van der Waals surface area contributed by atoms with Crippen LogP contribution in [0.2, 0.25) is 10.0 Å². The molecule has 0 aliphatic rings. The molecule has 0 fully saturated rings. The van der Waals surface area contributed by atoms with Crippen molar-refractivity contribution < 1.29 is 4.42 Å². The second-order valence-corrected chi connectivity index (χ2v) is 5.45. The second-order valence-electron chi connectivity index (χ2n) is 4.58. The van der Waals surface area contributed by atoms with Crippen molar-refractivity contribution in [2.24, 2.45) is 0 Å². The van der Waals surface area contributed by atoms with Gasteiger partial charge in [0.15, 0.2) is 12.2 Å². The van der Waals surface area contributed by atoms with Crippen molar-refractivity contribution >= 4 is 28.9 Å². The van der Waals surface area contributed by atoms with Gasteiger partial charge in [-0.3, -0.25) is 0 Å². The maximum atomic E-state index is 5.99. The first kappa shape index (κ1) is 14.0. The van der Waals surface area contributed by atoms with Crippen LogP contribution in [-0.2, 0) is 6.54 Å². The zero-order valence-corrected chi connectivity index (χ0v) is 12.5. The van der Waals surface area contributed by atoms with Gasteiger partial charge in [-0.05, 0) is 35.9 Å². The fourth-order valence-electron chi connectivity index (χ4n) is 2.06. The van der Waals surface area contributed by atoms with Crippen LogP contribution in [0.15, 0.2) is 59.5 Å². The van der Waals surface area contributed by atoms with Crippen molar-refractivity contribution in [2.75, 3.05) is 5.32 Å². The van der Waals surface area contributed by atoms with Gasteiger partial charge in [0, 0.05) is 27.8 Å². The molecular weight excluding hydrogens is 307 g/mol. The molecule has 21 heavy (non-hydrogen) atoms. The molecule has 1 heterocycles. The number of hydrogen-bond acceptors (Lipinski definition) is 3. The van der Waals surface area contributed by atoms with E-state index in [1.54, 1.807) is 12.3 Å². The van der Waals surface area contributed by atoms with E-state index in [1.165, 1.54) is 6.39 Å². The van der Waals surface area contributed by atoms with Crippen LogP contribution in [0, 0.1) is 0 Å². The summed E-state index contributed by atoms with van der Waals surface area (Å²) in [5, 5.41) is 4.61. The maximum absolute atomic E-state index is 5.99. The van der Waals surface area contributed by atoms with Crippen LogP contribution in [0.25, 0.3) is 11.3 Å². The van der Waals surface area contributed by atoms with Crippen molar-refractivity contribution in [3.05, 3.63) is 70.7 Å². The average Bonchev–Trinajstić information content (AvgIpc) is 2.99. The summed E-state index contributed by atoms with van der Waals surface area (Å²) < 4.78 is 5.29. The van der Waals surface area contributed by atoms with Crippen molar-refractivity contribution in [1.29, 1.82) is 0 Å². The molecule has 2 aromatic carbocycles. The van der Waals surface area contributed by atoms with E-state index < -0.39 is 0 Å². The summed E-state index contributed by atoms with van der Waals surface area (Å²) in [6.45, 7) is 0.639. The molecule has 3 nitrogen and oxygen atoms in total. The summed E-state index contributed by atoms with van der Waals surface area (Å²) in [5.41, 5.74) is 2.99. The summed E-state index contributed by atoms with van der Waals surface area (Å²) in [6, 6.07) is 13.4. The fourth-order valence-corrected chi connectivity index (χ4v) is 2.63. The first-order chi connectivity index (χ1) is 10.2. The lowest BCUT2D eigenvalue weighted by molar-refractivity contribution is 0.572. The highest BCUT2D eigenvalue weighted by atomic mass is 35.5. The molecule has 1 N–H and O–H groups in total. The number of benzene rings is 2. The Morgan fingerprint density at radius 3 is 2.57 bits per heavy atom. The minimum atomic E-state index is 0.634. The lowest BCUT2D eigenvalue weighted by Crippen LogP contribution is -1.99. The smallest absolute Gasteiger partial charge is 0.181 e. The van der Waals surface area contributed by atoms with E-state index in [0.717, 1.165) is 22.6 Å².